The molecule has 3 aromatic heterocycles. The summed E-state index contributed by atoms with van der Waals surface area (Å²) < 4.78 is 30.4. The number of benzene rings is 2. The van der Waals surface area contributed by atoms with Gasteiger partial charge < -0.3 is 25.5 Å². The fourth-order valence-corrected chi connectivity index (χ4v) is 5.49. The molecule has 0 spiro atoms. The van der Waals surface area contributed by atoms with E-state index in [1.165, 1.54) is 23.4 Å². The van der Waals surface area contributed by atoms with E-state index in [-0.39, 0.29) is 42.5 Å². The molecule has 204 valence electrons. The van der Waals surface area contributed by atoms with E-state index in [2.05, 4.69) is 20.3 Å². The lowest BCUT2D eigenvalue weighted by atomic mass is 10.1. The Morgan fingerprint density at radius 2 is 1.98 bits per heavy atom. The van der Waals surface area contributed by atoms with Crippen LogP contribution in [0.2, 0.25) is 5.02 Å². The zero-order valence-corrected chi connectivity index (χ0v) is 21.8. The Hall–Kier alpha value is -4.51. The molecule has 6 rings (SSSR count). The number of anilines is 1. The summed E-state index contributed by atoms with van der Waals surface area (Å²) in [4.78, 5) is 39.4. The van der Waals surface area contributed by atoms with Gasteiger partial charge in [-0.05, 0) is 12.1 Å². The third kappa shape index (κ3) is 4.51. The number of para-hydroxylation sites is 1. The molecule has 4 N–H and O–H groups in total. The average molecular weight is 564 g/mol. The van der Waals surface area contributed by atoms with Gasteiger partial charge in [-0.25, -0.2) is 18.7 Å². The van der Waals surface area contributed by atoms with Crippen molar-refractivity contribution in [3.8, 4) is 11.1 Å². The summed E-state index contributed by atoms with van der Waals surface area (Å²) in [5, 5.41) is 4.09. The van der Waals surface area contributed by atoms with Crippen LogP contribution < -0.4 is 11.1 Å². The SMILES string of the molecule is Nc1ncnc2c1c(-c1c[nH]c3ccccc13)cn2CC(=O)N1C[C@H](F)C[C@H]1C(=O)NCc1cccc(Cl)c1F. The van der Waals surface area contributed by atoms with E-state index in [1.807, 2.05) is 30.5 Å². The molecule has 1 saturated heterocycles. The second-order valence-electron chi connectivity index (χ2n) is 9.70. The van der Waals surface area contributed by atoms with Gasteiger partial charge in [0.15, 0.2) is 0 Å². The van der Waals surface area contributed by atoms with Crippen LogP contribution in [0.5, 0.6) is 0 Å². The fraction of sp³-hybridized carbons (Fsp3) is 0.214. The summed E-state index contributed by atoms with van der Waals surface area (Å²) >= 11 is 5.82. The molecule has 0 bridgehead atoms. The Kier molecular flexibility index (Phi) is 6.59. The second kappa shape index (κ2) is 10.2. The molecule has 0 radical (unpaired) electrons. The van der Waals surface area contributed by atoms with Crippen molar-refractivity contribution in [1.29, 1.82) is 0 Å². The Morgan fingerprint density at radius 1 is 1.15 bits per heavy atom. The third-order valence-corrected chi connectivity index (χ3v) is 7.52. The number of rotatable bonds is 6. The van der Waals surface area contributed by atoms with E-state index in [0.29, 0.717) is 11.0 Å². The van der Waals surface area contributed by atoms with Gasteiger partial charge in [0.25, 0.3) is 0 Å². The summed E-state index contributed by atoms with van der Waals surface area (Å²) in [6, 6.07) is 11.2. The van der Waals surface area contributed by atoms with E-state index in [4.69, 9.17) is 17.3 Å². The lowest BCUT2D eigenvalue weighted by Crippen LogP contribution is -2.46. The number of nitrogens with two attached hydrogens (primary N) is 1. The van der Waals surface area contributed by atoms with Crippen LogP contribution in [0.3, 0.4) is 0 Å². The number of amides is 2. The summed E-state index contributed by atoms with van der Waals surface area (Å²) in [7, 11) is 0. The highest BCUT2D eigenvalue weighted by Gasteiger charge is 2.40. The minimum atomic E-state index is -1.37. The molecule has 1 aliphatic rings. The molecule has 4 heterocycles. The number of H-pyrrole nitrogens is 1. The van der Waals surface area contributed by atoms with Crippen molar-refractivity contribution in [3.63, 3.8) is 0 Å². The molecule has 2 atom stereocenters. The Morgan fingerprint density at radius 3 is 2.83 bits per heavy atom. The number of nitrogens with zero attached hydrogens (tertiary/aromatic N) is 4. The van der Waals surface area contributed by atoms with Crippen LogP contribution >= 0.6 is 11.6 Å². The van der Waals surface area contributed by atoms with Crippen LogP contribution in [0.15, 0.2) is 61.2 Å². The maximum Gasteiger partial charge on any atom is 0.243 e. The average Bonchev–Trinajstić information content (AvgIpc) is 3.65. The lowest BCUT2D eigenvalue weighted by molar-refractivity contribution is -0.139. The fourth-order valence-electron chi connectivity index (χ4n) is 5.30. The van der Waals surface area contributed by atoms with Crippen molar-refractivity contribution in [2.45, 2.75) is 31.7 Å². The predicted octanol–water partition coefficient (Wildman–Crippen LogP) is 4.21. The maximum atomic E-state index is 14.5. The Labute approximate surface area is 231 Å². The Bertz CT molecular complexity index is 1770. The zero-order chi connectivity index (χ0) is 28.0. The van der Waals surface area contributed by atoms with Crippen LogP contribution in [0.1, 0.15) is 12.0 Å². The van der Waals surface area contributed by atoms with E-state index in [9.17, 15) is 18.4 Å². The predicted molar refractivity (Wildman–Crippen MR) is 148 cm³/mol. The topological polar surface area (TPSA) is 122 Å². The van der Waals surface area contributed by atoms with E-state index >= 15 is 0 Å². The molecule has 0 unspecified atom stereocenters. The van der Waals surface area contributed by atoms with E-state index < -0.39 is 29.8 Å². The first-order chi connectivity index (χ1) is 19.3. The molecule has 9 nitrogen and oxygen atoms in total. The van der Waals surface area contributed by atoms with Crippen molar-refractivity contribution in [1.82, 2.24) is 29.7 Å². The Balaban J connectivity index is 1.27. The number of hydrogen-bond acceptors (Lipinski definition) is 5. The van der Waals surface area contributed by atoms with E-state index in [1.54, 1.807) is 16.8 Å². The number of aromatic amines is 1. The van der Waals surface area contributed by atoms with Gasteiger partial charge in [0, 0.05) is 53.0 Å². The molecule has 1 aliphatic heterocycles. The number of halogens is 3. The number of fused-ring (bicyclic) bond motifs is 2. The van der Waals surface area contributed by atoms with Crippen LogP contribution in [-0.4, -0.2) is 55.0 Å². The molecule has 1 fully saturated rings. The van der Waals surface area contributed by atoms with Crippen molar-refractivity contribution in [3.05, 3.63) is 77.6 Å². The smallest absolute Gasteiger partial charge is 0.243 e. The van der Waals surface area contributed by atoms with Crippen molar-refractivity contribution in [2.24, 2.45) is 0 Å². The number of carbonyl (C=O) groups is 2. The molecular weight excluding hydrogens is 540 g/mol. The molecule has 0 saturated carbocycles. The van der Waals surface area contributed by atoms with Gasteiger partial charge >= 0.3 is 0 Å². The normalized spacial score (nSPS) is 17.1. The van der Waals surface area contributed by atoms with Crippen LogP contribution in [0, 0.1) is 5.82 Å². The minimum absolute atomic E-state index is 0.0661. The van der Waals surface area contributed by atoms with Crippen molar-refractivity contribution in [2.75, 3.05) is 12.3 Å². The number of carbonyl (C=O) groups excluding carboxylic acids is 2. The van der Waals surface area contributed by atoms with Gasteiger partial charge in [-0.15, -0.1) is 0 Å². The summed E-state index contributed by atoms with van der Waals surface area (Å²) in [5.41, 5.74) is 9.41. The molecule has 40 heavy (non-hydrogen) atoms. The number of nitrogens with one attached hydrogen (secondary N) is 2. The third-order valence-electron chi connectivity index (χ3n) is 7.23. The molecule has 2 aromatic carbocycles. The first kappa shape index (κ1) is 25.8. The highest BCUT2D eigenvalue weighted by atomic mass is 35.5. The second-order valence-corrected chi connectivity index (χ2v) is 10.1. The zero-order valence-electron chi connectivity index (χ0n) is 21.1. The minimum Gasteiger partial charge on any atom is -0.383 e. The van der Waals surface area contributed by atoms with Gasteiger partial charge in [-0.3, -0.25) is 9.59 Å². The molecule has 12 heteroatoms. The van der Waals surface area contributed by atoms with Crippen LogP contribution in [0.4, 0.5) is 14.6 Å². The first-order valence-corrected chi connectivity index (χ1v) is 13.0. The van der Waals surface area contributed by atoms with Crippen LogP contribution in [0.25, 0.3) is 33.1 Å². The van der Waals surface area contributed by atoms with Gasteiger partial charge in [-0.1, -0.05) is 41.9 Å². The highest BCUT2D eigenvalue weighted by molar-refractivity contribution is 6.30. The molecule has 5 aromatic rings. The number of alkyl halides is 1. The van der Waals surface area contributed by atoms with Gasteiger partial charge in [0.2, 0.25) is 11.8 Å². The van der Waals surface area contributed by atoms with Crippen molar-refractivity contribution < 1.29 is 18.4 Å². The number of aromatic nitrogens is 4. The first-order valence-electron chi connectivity index (χ1n) is 12.6. The molecule has 0 aliphatic carbocycles. The van der Waals surface area contributed by atoms with Gasteiger partial charge in [-0.2, -0.15) is 0 Å². The summed E-state index contributed by atoms with van der Waals surface area (Å²) in [5.74, 6) is -1.42. The number of nitrogen functional groups attached to an aromatic ring is 1. The molecule has 2 amide bonds. The standard InChI is InChI=1S/C28H24ClF2N7O2/c29-20-6-3-4-15(25(20)31)9-34-28(40)22-8-16(30)11-38(22)23(39)13-37-12-19(24-26(32)35-14-36-27(24)37)18-10-33-21-7-2-1-5-17(18)21/h1-7,10,12,14,16,22,33H,8-9,11,13H2,(H,34,40)(H2,32,35,36)/t16-,22+/m1/s1. The van der Waals surface area contributed by atoms with Crippen molar-refractivity contribution >= 4 is 51.2 Å². The van der Waals surface area contributed by atoms with Gasteiger partial charge in [0.1, 0.15) is 42.4 Å². The highest BCUT2D eigenvalue weighted by Crippen LogP contribution is 2.37. The van der Waals surface area contributed by atoms with Gasteiger partial charge in [0.05, 0.1) is 17.0 Å². The monoisotopic (exact) mass is 563 g/mol. The summed E-state index contributed by atoms with van der Waals surface area (Å²) in [6.07, 6.45) is 3.41. The number of likely N-dealkylation sites (tertiary alicyclic amines) is 1. The lowest BCUT2D eigenvalue weighted by Gasteiger charge is -2.24. The number of hydrogen-bond donors (Lipinski definition) is 3. The van der Waals surface area contributed by atoms with E-state index in [0.717, 1.165) is 22.0 Å². The van der Waals surface area contributed by atoms with Crippen LogP contribution in [-0.2, 0) is 22.7 Å². The largest absolute Gasteiger partial charge is 0.383 e. The summed E-state index contributed by atoms with van der Waals surface area (Å²) in [6.45, 7) is -0.573. The quantitative estimate of drug-likeness (QED) is 0.286. The molecular formula is C28H24ClF2N7O2. The maximum absolute atomic E-state index is 14.5.